The van der Waals surface area contributed by atoms with Gasteiger partial charge in [0.2, 0.25) is 5.91 Å². The summed E-state index contributed by atoms with van der Waals surface area (Å²) in [5.74, 6) is 1.88. The zero-order chi connectivity index (χ0) is 23.8. The van der Waals surface area contributed by atoms with Gasteiger partial charge in [-0.3, -0.25) is 4.79 Å². The van der Waals surface area contributed by atoms with Crippen LogP contribution in [0.2, 0.25) is 5.02 Å². The normalized spacial score (nSPS) is 11.0. The van der Waals surface area contributed by atoms with E-state index in [-0.39, 0.29) is 5.91 Å². The molecular weight excluding hydrogens is 446 g/mol. The lowest BCUT2D eigenvalue weighted by Crippen LogP contribution is -2.28. The highest BCUT2D eigenvalue weighted by atomic mass is 35.5. The van der Waals surface area contributed by atoms with E-state index < -0.39 is 0 Å². The van der Waals surface area contributed by atoms with Crippen molar-refractivity contribution in [2.75, 3.05) is 13.2 Å². The fraction of sp³-hybridized carbons (Fsp3) is 0.286. The van der Waals surface area contributed by atoms with Crippen LogP contribution >= 0.6 is 11.6 Å². The van der Waals surface area contributed by atoms with Crippen molar-refractivity contribution in [3.63, 3.8) is 0 Å². The van der Waals surface area contributed by atoms with Crippen LogP contribution in [0, 0.1) is 6.92 Å². The maximum absolute atomic E-state index is 12.3. The maximum Gasteiger partial charge on any atom is 0.224 e. The molecular formula is C28H30ClN3O2. The Morgan fingerprint density at radius 3 is 2.65 bits per heavy atom. The molecule has 0 fully saturated rings. The molecule has 0 atom stereocenters. The first-order valence-electron chi connectivity index (χ1n) is 11.7. The van der Waals surface area contributed by atoms with Crippen LogP contribution < -0.4 is 10.1 Å². The summed E-state index contributed by atoms with van der Waals surface area (Å²) >= 11 is 6.09. The van der Waals surface area contributed by atoms with E-state index in [1.807, 2.05) is 73.7 Å². The van der Waals surface area contributed by atoms with Crippen molar-refractivity contribution in [3.8, 4) is 5.75 Å². The van der Waals surface area contributed by atoms with Crippen LogP contribution in [0.4, 0.5) is 0 Å². The molecule has 34 heavy (non-hydrogen) atoms. The Kier molecular flexibility index (Phi) is 8.21. The molecule has 0 radical (unpaired) electrons. The number of nitrogens with one attached hydrogen (secondary N) is 1. The summed E-state index contributed by atoms with van der Waals surface area (Å²) in [4.78, 5) is 17.1. The second-order valence-corrected chi connectivity index (χ2v) is 8.80. The van der Waals surface area contributed by atoms with Gasteiger partial charge in [0.15, 0.2) is 0 Å². The second-order valence-electron chi connectivity index (χ2n) is 8.40. The SMILES string of the molecule is Cc1cc(OCCCCn2c(CCNC(=O)Cc3ccccc3)nc3ccccc32)ccc1Cl. The van der Waals surface area contributed by atoms with Crippen molar-refractivity contribution in [2.24, 2.45) is 0 Å². The van der Waals surface area contributed by atoms with Crippen LogP contribution in [-0.4, -0.2) is 28.6 Å². The molecule has 0 bridgehead atoms. The van der Waals surface area contributed by atoms with Crippen LogP contribution in [0.15, 0.2) is 72.8 Å². The van der Waals surface area contributed by atoms with Gasteiger partial charge < -0.3 is 14.6 Å². The van der Waals surface area contributed by atoms with E-state index in [4.69, 9.17) is 21.3 Å². The number of amides is 1. The zero-order valence-electron chi connectivity index (χ0n) is 19.5. The van der Waals surface area contributed by atoms with Crippen molar-refractivity contribution in [1.29, 1.82) is 0 Å². The van der Waals surface area contributed by atoms with Crippen molar-refractivity contribution in [3.05, 3.63) is 94.8 Å². The highest BCUT2D eigenvalue weighted by Crippen LogP contribution is 2.21. The molecule has 6 heteroatoms. The largest absolute Gasteiger partial charge is 0.494 e. The average Bonchev–Trinajstić information content (AvgIpc) is 3.19. The molecule has 1 amide bonds. The number of carbonyl (C=O) groups excluding carboxylic acids is 1. The predicted molar refractivity (Wildman–Crippen MR) is 138 cm³/mol. The number of aryl methyl sites for hydroxylation is 2. The van der Waals surface area contributed by atoms with Gasteiger partial charge in [-0.25, -0.2) is 4.98 Å². The van der Waals surface area contributed by atoms with Crippen LogP contribution in [0.3, 0.4) is 0 Å². The number of benzene rings is 3. The first-order valence-corrected chi connectivity index (χ1v) is 12.1. The summed E-state index contributed by atoms with van der Waals surface area (Å²) in [6.45, 7) is 4.05. The van der Waals surface area contributed by atoms with Gasteiger partial charge >= 0.3 is 0 Å². The maximum atomic E-state index is 12.3. The Balaban J connectivity index is 1.29. The zero-order valence-corrected chi connectivity index (χ0v) is 20.2. The Morgan fingerprint density at radius 1 is 1.03 bits per heavy atom. The van der Waals surface area contributed by atoms with Gasteiger partial charge in [0, 0.05) is 24.5 Å². The van der Waals surface area contributed by atoms with E-state index >= 15 is 0 Å². The number of imidazole rings is 1. The number of para-hydroxylation sites is 2. The number of nitrogens with zero attached hydrogens (tertiary/aromatic N) is 2. The Labute approximate surface area is 205 Å². The lowest BCUT2D eigenvalue weighted by molar-refractivity contribution is -0.120. The Morgan fingerprint density at radius 2 is 1.82 bits per heavy atom. The number of fused-ring (bicyclic) bond motifs is 1. The topological polar surface area (TPSA) is 56.1 Å². The van der Waals surface area contributed by atoms with Gasteiger partial charge in [0.25, 0.3) is 0 Å². The van der Waals surface area contributed by atoms with E-state index in [9.17, 15) is 4.79 Å². The number of rotatable bonds is 11. The van der Waals surface area contributed by atoms with E-state index in [0.717, 1.165) is 58.1 Å². The molecule has 1 N–H and O–H groups in total. The van der Waals surface area contributed by atoms with Crippen molar-refractivity contribution < 1.29 is 9.53 Å². The first-order chi connectivity index (χ1) is 16.6. The summed E-state index contributed by atoms with van der Waals surface area (Å²) < 4.78 is 8.16. The highest BCUT2D eigenvalue weighted by Gasteiger charge is 2.11. The molecule has 1 aromatic heterocycles. The molecule has 0 aliphatic heterocycles. The molecule has 3 aromatic carbocycles. The number of ether oxygens (including phenoxy) is 1. The number of carbonyl (C=O) groups is 1. The van der Waals surface area contributed by atoms with Crippen LogP contribution in [-0.2, 0) is 24.2 Å². The predicted octanol–water partition coefficient (Wildman–Crippen LogP) is 5.76. The summed E-state index contributed by atoms with van der Waals surface area (Å²) in [5, 5.41) is 3.79. The summed E-state index contributed by atoms with van der Waals surface area (Å²) in [7, 11) is 0. The van der Waals surface area contributed by atoms with Crippen LogP contribution in [0.1, 0.15) is 29.8 Å². The Bertz CT molecular complexity index is 1240. The van der Waals surface area contributed by atoms with Gasteiger partial charge in [-0.1, -0.05) is 54.1 Å². The van der Waals surface area contributed by atoms with Crippen LogP contribution in [0.5, 0.6) is 5.75 Å². The summed E-state index contributed by atoms with van der Waals surface area (Å²) in [6, 6.07) is 23.7. The number of hydrogen-bond donors (Lipinski definition) is 1. The molecule has 0 saturated heterocycles. The standard InChI is InChI=1S/C28H30ClN3O2/c1-21-19-23(13-14-24(21)29)34-18-8-7-17-32-26-12-6-5-11-25(26)31-27(32)15-16-30-28(33)20-22-9-3-2-4-10-22/h2-6,9-14,19H,7-8,15-18,20H2,1H3,(H,30,33). The Hall–Kier alpha value is -3.31. The molecule has 4 rings (SSSR count). The number of aromatic nitrogens is 2. The minimum atomic E-state index is 0.0310. The molecule has 4 aromatic rings. The van der Waals surface area contributed by atoms with Crippen molar-refractivity contribution in [2.45, 2.75) is 39.2 Å². The molecule has 0 unspecified atom stereocenters. The van der Waals surface area contributed by atoms with Gasteiger partial charge in [-0.2, -0.15) is 0 Å². The fourth-order valence-corrected chi connectivity index (χ4v) is 4.11. The molecule has 0 spiro atoms. The minimum absolute atomic E-state index is 0.0310. The molecule has 0 aliphatic carbocycles. The first kappa shape index (κ1) is 23.8. The van der Waals surface area contributed by atoms with E-state index in [1.165, 1.54) is 0 Å². The summed E-state index contributed by atoms with van der Waals surface area (Å²) in [5.41, 5.74) is 4.15. The number of hydrogen-bond acceptors (Lipinski definition) is 3. The van der Waals surface area contributed by atoms with Gasteiger partial charge in [-0.15, -0.1) is 0 Å². The number of unbranched alkanes of at least 4 members (excludes halogenated alkanes) is 1. The lowest BCUT2D eigenvalue weighted by atomic mass is 10.1. The average molecular weight is 476 g/mol. The van der Waals surface area contributed by atoms with E-state index in [2.05, 4.69) is 16.0 Å². The molecule has 176 valence electrons. The molecule has 0 saturated carbocycles. The van der Waals surface area contributed by atoms with E-state index in [0.29, 0.717) is 26.0 Å². The quantitative estimate of drug-likeness (QED) is 0.281. The second kappa shape index (κ2) is 11.7. The smallest absolute Gasteiger partial charge is 0.224 e. The molecule has 5 nitrogen and oxygen atoms in total. The fourth-order valence-electron chi connectivity index (χ4n) is 3.99. The lowest BCUT2D eigenvalue weighted by Gasteiger charge is -2.11. The third-order valence-electron chi connectivity index (χ3n) is 5.79. The van der Waals surface area contributed by atoms with Crippen molar-refractivity contribution in [1.82, 2.24) is 14.9 Å². The molecule has 1 heterocycles. The van der Waals surface area contributed by atoms with Gasteiger partial charge in [0.1, 0.15) is 11.6 Å². The third kappa shape index (κ3) is 6.39. The van der Waals surface area contributed by atoms with Gasteiger partial charge in [0.05, 0.1) is 24.1 Å². The summed E-state index contributed by atoms with van der Waals surface area (Å²) in [6.07, 6.45) is 2.99. The monoisotopic (exact) mass is 475 g/mol. The third-order valence-corrected chi connectivity index (χ3v) is 6.21. The van der Waals surface area contributed by atoms with E-state index in [1.54, 1.807) is 0 Å². The molecule has 0 aliphatic rings. The minimum Gasteiger partial charge on any atom is -0.494 e. The highest BCUT2D eigenvalue weighted by molar-refractivity contribution is 6.31. The number of halogens is 1. The van der Waals surface area contributed by atoms with Crippen LogP contribution in [0.25, 0.3) is 11.0 Å². The van der Waals surface area contributed by atoms with Crippen molar-refractivity contribution >= 4 is 28.5 Å². The van der Waals surface area contributed by atoms with Gasteiger partial charge in [-0.05, 0) is 61.2 Å².